The van der Waals surface area contributed by atoms with Crippen molar-refractivity contribution in [3.63, 3.8) is 0 Å². The highest BCUT2D eigenvalue weighted by molar-refractivity contribution is 5.94. The number of rotatable bonds is 3. The summed E-state index contributed by atoms with van der Waals surface area (Å²) in [6.07, 6.45) is -0.0185. The van der Waals surface area contributed by atoms with E-state index in [2.05, 4.69) is 4.98 Å². The maximum atomic E-state index is 14.0. The summed E-state index contributed by atoms with van der Waals surface area (Å²) in [6, 6.07) is 4.74. The van der Waals surface area contributed by atoms with E-state index in [0.29, 0.717) is 16.8 Å². The largest absolute Gasteiger partial charge is 0.419 e. The van der Waals surface area contributed by atoms with E-state index in [0.717, 1.165) is 17.8 Å². The molecule has 4 aromatic rings. The number of aryl methyl sites for hydroxylation is 2. The van der Waals surface area contributed by atoms with Gasteiger partial charge >= 0.3 is 6.18 Å². The van der Waals surface area contributed by atoms with Crippen LogP contribution in [-0.2, 0) is 26.3 Å². The first-order valence-corrected chi connectivity index (χ1v) is 10.4. The SMILES string of the molecule is Cc1cn(-c2ccc3n(c2=O)CCN(Cc2cn(C)c4cc(F)c(C(F)(F)F)cc24)C3=O)cn1. The minimum atomic E-state index is -4.84. The molecule has 7 nitrogen and oxygen atoms in total. The molecule has 0 fully saturated rings. The molecule has 176 valence electrons. The zero-order valence-electron chi connectivity index (χ0n) is 18.2. The topological polar surface area (TPSA) is 65.1 Å². The molecule has 0 unspecified atom stereocenters. The predicted molar refractivity (Wildman–Crippen MR) is 115 cm³/mol. The van der Waals surface area contributed by atoms with Gasteiger partial charge in [0.25, 0.3) is 11.5 Å². The van der Waals surface area contributed by atoms with Gasteiger partial charge in [0, 0.05) is 44.5 Å². The Labute approximate surface area is 190 Å². The second kappa shape index (κ2) is 7.57. The number of hydrogen-bond donors (Lipinski definition) is 0. The highest BCUT2D eigenvalue weighted by atomic mass is 19.4. The molecule has 0 bridgehead atoms. The third-order valence-corrected chi connectivity index (χ3v) is 6.07. The number of hydrogen-bond acceptors (Lipinski definition) is 3. The summed E-state index contributed by atoms with van der Waals surface area (Å²) < 4.78 is 58.3. The molecule has 1 aliphatic rings. The van der Waals surface area contributed by atoms with Gasteiger partial charge in [0.1, 0.15) is 17.2 Å². The van der Waals surface area contributed by atoms with Gasteiger partial charge in [-0.1, -0.05) is 0 Å². The number of carbonyl (C=O) groups excluding carboxylic acids is 1. The molecule has 0 spiro atoms. The quantitative estimate of drug-likeness (QED) is 0.427. The van der Waals surface area contributed by atoms with E-state index in [1.165, 1.54) is 20.4 Å². The molecular weight excluding hydrogens is 454 g/mol. The second-order valence-corrected chi connectivity index (χ2v) is 8.32. The smallest absolute Gasteiger partial charge is 0.350 e. The van der Waals surface area contributed by atoms with Gasteiger partial charge in [-0.15, -0.1) is 0 Å². The summed E-state index contributed by atoms with van der Waals surface area (Å²) in [5.41, 5.74) is 0.364. The number of imidazole rings is 1. The number of amides is 1. The van der Waals surface area contributed by atoms with E-state index in [4.69, 9.17) is 0 Å². The molecule has 34 heavy (non-hydrogen) atoms. The first kappa shape index (κ1) is 21.9. The maximum absolute atomic E-state index is 14.0. The number of aromatic nitrogens is 4. The minimum Gasteiger partial charge on any atom is -0.350 e. The summed E-state index contributed by atoms with van der Waals surface area (Å²) >= 11 is 0. The first-order chi connectivity index (χ1) is 16.0. The van der Waals surface area contributed by atoms with Crippen molar-refractivity contribution in [1.29, 1.82) is 0 Å². The van der Waals surface area contributed by atoms with Crippen LogP contribution in [0.1, 0.15) is 27.3 Å². The van der Waals surface area contributed by atoms with E-state index >= 15 is 0 Å². The van der Waals surface area contributed by atoms with Crippen LogP contribution in [0.5, 0.6) is 0 Å². The Bertz CT molecular complexity index is 1510. The molecule has 4 heterocycles. The zero-order chi connectivity index (χ0) is 24.4. The second-order valence-electron chi connectivity index (χ2n) is 8.32. The average Bonchev–Trinajstić information content (AvgIpc) is 3.32. The lowest BCUT2D eigenvalue weighted by molar-refractivity contribution is -0.139. The zero-order valence-corrected chi connectivity index (χ0v) is 18.2. The van der Waals surface area contributed by atoms with Gasteiger partial charge in [-0.05, 0) is 36.8 Å². The van der Waals surface area contributed by atoms with Crippen molar-refractivity contribution in [2.75, 3.05) is 6.54 Å². The van der Waals surface area contributed by atoms with Crippen LogP contribution in [-0.4, -0.2) is 36.0 Å². The Morgan fingerprint density at radius 1 is 1.09 bits per heavy atom. The fourth-order valence-corrected chi connectivity index (χ4v) is 4.39. The Morgan fingerprint density at radius 2 is 1.85 bits per heavy atom. The fourth-order valence-electron chi connectivity index (χ4n) is 4.39. The lowest BCUT2D eigenvalue weighted by atomic mass is 10.1. The molecule has 1 amide bonds. The van der Waals surface area contributed by atoms with Crippen LogP contribution < -0.4 is 5.56 Å². The third-order valence-electron chi connectivity index (χ3n) is 6.07. The lowest BCUT2D eigenvalue weighted by Gasteiger charge is -2.29. The van der Waals surface area contributed by atoms with Gasteiger partial charge in [0.15, 0.2) is 0 Å². The Hall–Kier alpha value is -3.89. The van der Waals surface area contributed by atoms with Crippen molar-refractivity contribution in [1.82, 2.24) is 23.6 Å². The van der Waals surface area contributed by atoms with Crippen molar-refractivity contribution in [3.8, 4) is 5.69 Å². The third kappa shape index (κ3) is 3.47. The molecule has 0 N–H and O–H groups in total. The standard InChI is InChI=1S/C23H19F4N5O2/c1-13-9-31(12-28-13)18-3-4-19-21(33)30(5-6-32(19)22(18)34)11-14-10-29(2)20-8-17(24)16(7-15(14)20)23(25,26)27/h3-4,7-10,12H,5-6,11H2,1-2H3. The van der Waals surface area contributed by atoms with Crippen LogP contribution in [0.25, 0.3) is 16.6 Å². The predicted octanol–water partition coefficient (Wildman–Crippen LogP) is 3.65. The van der Waals surface area contributed by atoms with Crippen LogP contribution in [0, 0.1) is 12.7 Å². The Balaban J connectivity index is 1.49. The monoisotopic (exact) mass is 473 g/mol. The number of pyridine rings is 1. The molecular formula is C23H19F4N5O2. The number of nitrogens with zero attached hydrogens (tertiary/aromatic N) is 5. The first-order valence-electron chi connectivity index (χ1n) is 10.4. The summed E-state index contributed by atoms with van der Waals surface area (Å²) in [5.74, 6) is -1.76. The highest BCUT2D eigenvalue weighted by Crippen LogP contribution is 2.35. The van der Waals surface area contributed by atoms with Crippen LogP contribution in [0.3, 0.4) is 0 Å². The molecule has 0 saturated heterocycles. The van der Waals surface area contributed by atoms with Crippen LogP contribution in [0.4, 0.5) is 17.6 Å². The van der Waals surface area contributed by atoms with Gasteiger partial charge in [0.05, 0.1) is 23.1 Å². The van der Waals surface area contributed by atoms with Gasteiger partial charge < -0.3 is 18.6 Å². The van der Waals surface area contributed by atoms with Crippen molar-refractivity contribution in [2.24, 2.45) is 7.05 Å². The Kier molecular flexibility index (Phi) is 4.88. The van der Waals surface area contributed by atoms with Crippen LogP contribution in [0.2, 0.25) is 0 Å². The normalized spacial score (nSPS) is 14.2. The van der Waals surface area contributed by atoms with E-state index in [1.54, 1.807) is 43.1 Å². The highest BCUT2D eigenvalue weighted by Gasteiger charge is 2.35. The van der Waals surface area contributed by atoms with Crippen molar-refractivity contribution < 1.29 is 22.4 Å². The van der Waals surface area contributed by atoms with Gasteiger partial charge in [-0.25, -0.2) is 9.37 Å². The maximum Gasteiger partial charge on any atom is 0.419 e. The van der Waals surface area contributed by atoms with Crippen LogP contribution >= 0.6 is 0 Å². The summed E-state index contributed by atoms with van der Waals surface area (Å²) in [5, 5.41) is 0.220. The van der Waals surface area contributed by atoms with Gasteiger partial charge in [-0.3, -0.25) is 9.59 Å². The summed E-state index contributed by atoms with van der Waals surface area (Å²) in [4.78, 5) is 31.7. The van der Waals surface area contributed by atoms with Crippen molar-refractivity contribution in [3.05, 3.63) is 81.7 Å². The van der Waals surface area contributed by atoms with E-state index in [1.807, 2.05) is 0 Å². The molecule has 1 aliphatic heterocycles. The molecule has 3 aromatic heterocycles. The molecule has 1 aromatic carbocycles. The molecule has 0 saturated carbocycles. The number of carbonyl (C=O) groups is 1. The van der Waals surface area contributed by atoms with E-state index in [9.17, 15) is 27.2 Å². The number of fused-ring (bicyclic) bond motifs is 2. The molecule has 0 radical (unpaired) electrons. The minimum absolute atomic E-state index is 0.0236. The van der Waals surface area contributed by atoms with E-state index in [-0.39, 0.29) is 36.3 Å². The number of alkyl halides is 3. The number of benzene rings is 1. The fraction of sp³-hybridized carbons (Fsp3) is 0.261. The lowest BCUT2D eigenvalue weighted by Crippen LogP contribution is -2.44. The molecule has 5 rings (SSSR count). The molecule has 11 heteroatoms. The van der Waals surface area contributed by atoms with Gasteiger partial charge in [-0.2, -0.15) is 13.2 Å². The molecule has 0 aliphatic carbocycles. The summed E-state index contributed by atoms with van der Waals surface area (Å²) in [6.45, 7) is 2.25. The van der Waals surface area contributed by atoms with Crippen molar-refractivity contribution in [2.45, 2.75) is 26.2 Å². The van der Waals surface area contributed by atoms with Crippen molar-refractivity contribution >= 4 is 16.8 Å². The van der Waals surface area contributed by atoms with Crippen LogP contribution in [0.15, 0.2) is 47.8 Å². The van der Waals surface area contributed by atoms with E-state index < -0.39 is 23.5 Å². The Morgan fingerprint density at radius 3 is 2.53 bits per heavy atom. The van der Waals surface area contributed by atoms with Gasteiger partial charge in [0.2, 0.25) is 0 Å². The molecule has 0 atom stereocenters. The summed E-state index contributed by atoms with van der Waals surface area (Å²) in [7, 11) is 1.60. The number of halogens is 4. The average molecular weight is 473 g/mol.